The Morgan fingerprint density at radius 1 is 1.44 bits per heavy atom. The molecule has 1 aromatic rings. The highest BCUT2D eigenvalue weighted by Crippen LogP contribution is 2.38. The Morgan fingerprint density at radius 2 is 2.11 bits per heavy atom. The van der Waals surface area contributed by atoms with Crippen LogP contribution in [0.15, 0.2) is 22.7 Å². The Balaban J connectivity index is 2.21. The van der Waals surface area contributed by atoms with Gasteiger partial charge in [-0.15, -0.1) is 0 Å². The quantitative estimate of drug-likeness (QED) is 0.871. The molecule has 1 aliphatic carbocycles. The van der Waals surface area contributed by atoms with E-state index >= 15 is 0 Å². The molecule has 0 aromatic heterocycles. The van der Waals surface area contributed by atoms with E-state index in [1.54, 1.807) is 6.07 Å². The van der Waals surface area contributed by atoms with Gasteiger partial charge in [-0.05, 0) is 36.0 Å². The molecule has 4 heteroatoms. The standard InChI is InChI=1S/C14H17BrO3/c1-18-14(17)13(16)10-6-7-11(12(15)8-10)9-4-2-3-5-9/h6-9,13,16H,2-5H2,1H3. The van der Waals surface area contributed by atoms with Crippen molar-refractivity contribution < 1.29 is 14.6 Å². The maximum atomic E-state index is 11.3. The molecular weight excluding hydrogens is 296 g/mol. The van der Waals surface area contributed by atoms with Crippen LogP contribution >= 0.6 is 15.9 Å². The van der Waals surface area contributed by atoms with Crippen LogP contribution < -0.4 is 0 Å². The summed E-state index contributed by atoms with van der Waals surface area (Å²) >= 11 is 3.53. The summed E-state index contributed by atoms with van der Waals surface area (Å²) in [6, 6.07) is 5.62. The van der Waals surface area contributed by atoms with Gasteiger partial charge in [0.25, 0.3) is 0 Å². The molecular formula is C14H17BrO3. The van der Waals surface area contributed by atoms with E-state index < -0.39 is 12.1 Å². The summed E-state index contributed by atoms with van der Waals surface area (Å²) in [5.41, 5.74) is 1.84. The van der Waals surface area contributed by atoms with Crippen LogP contribution in [0.2, 0.25) is 0 Å². The number of esters is 1. The fraction of sp³-hybridized carbons (Fsp3) is 0.500. The molecule has 2 rings (SSSR count). The molecule has 1 aliphatic rings. The van der Waals surface area contributed by atoms with Gasteiger partial charge in [0.15, 0.2) is 6.10 Å². The fourth-order valence-corrected chi connectivity index (χ4v) is 3.25. The second-order valence-electron chi connectivity index (χ2n) is 4.69. The van der Waals surface area contributed by atoms with Crippen molar-refractivity contribution in [3.05, 3.63) is 33.8 Å². The van der Waals surface area contributed by atoms with E-state index in [2.05, 4.69) is 20.7 Å². The van der Waals surface area contributed by atoms with Crippen molar-refractivity contribution in [2.45, 2.75) is 37.7 Å². The van der Waals surface area contributed by atoms with Crippen molar-refractivity contribution in [1.82, 2.24) is 0 Å². The number of ether oxygens (including phenoxy) is 1. The molecule has 1 unspecified atom stereocenters. The van der Waals surface area contributed by atoms with Gasteiger partial charge in [-0.1, -0.05) is 40.9 Å². The first kappa shape index (κ1) is 13.6. The molecule has 98 valence electrons. The molecule has 0 aliphatic heterocycles. The second kappa shape index (κ2) is 5.85. The zero-order valence-corrected chi connectivity index (χ0v) is 11.9. The molecule has 1 fully saturated rings. The Labute approximate surface area is 115 Å². The smallest absolute Gasteiger partial charge is 0.339 e. The summed E-state index contributed by atoms with van der Waals surface area (Å²) in [5, 5.41) is 9.77. The third kappa shape index (κ3) is 2.75. The number of aliphatic hydroxyl groups excluding tert-OH is 1. The average molecular weight is 313 g/mol. The van der Waals surface area contributed by atoms with Gasteiger partial charge in [0.2, 0.25) is 0 Å². The number of benzene rings is 1. The van der Waals surface area contributed by atoms with Gasteiger partial charge in [0.05, 0.1) is 7.11 Å². The Morgan fingerprint density at radius 3 is 2.67 bits per heavy atom. The lowest BCUT2D eigenvalue weighted by Crippen LogP contribution is -2.13. The molecule has 0 radical (unpaired) electrons. The molecule has 3 nitrogen and oxygen atoms in total. The third-order valence-electron chi connectivity index (χ3n) is 3.56. The zero-order chi connectivity index (χ0) is 13.1. The summed E-state index contributed by atoms with van der Waals surface area (Å²) < 4.78 is 5.50. The van der Waals surface area contributed by atoms with Crippen molar-refractivity contribution in [3.8, 4) is 0 Å². The van der Waals surface area contributed by atoms with Crippen molar-refractivity contribution in [1.29, 1.82) is 0 Å². The van der Waals surface area contributed by atoms with Gasteiger partial charge < -0.3 is 9.84 Å². The molecule has 0 saturated heterocycles. The Kier molecular flexibility index (Phi) is 4.40. The maximum absolute atomic E-state index is 11.3. The van der Waals surface area contributed by atoms with Gasteiger partial charge in [0.1, 0.15) is 0 Å². The van der Waals surface area contributed by atoms with Crippen LogP contribution in [0, 0.1) is 0 Å². The van der Waals surface area contributed by atoms with Gasteiger partial charge in [-0.3, -0.25) is 0 Å². The predicted molar refractivity (Wildman–Crippen MR) is 72.3 cm³/mol. The molecule has 1 N–H and O–H groups in total. The zero-order valence-electron chi connectivity index (χ0n) is 10.4. The van der Waals surface area contributed by atoms with E-state index in [0.29, 0.717) is 11.5 Å². The SMILES string of the molecule is COC(=O)C(O)c1ccc(C2CCCC2)c(Br)c1. The highest BCUT2D eigenvalue weighted by Gasteiger charge is 2.22. The molecule has 0 amide bonds. The maximum Gasteiger partial charge on any atom is 0.339 e. The first-order valence-electron chi connectivity index (χ1n) is 6.18. The van der Waals surface area contributed by atoms with Crippen molar-refractivity contribution in [3.63, 3.8) is 0 Å². The van der Waals surface area contributed by atoms with E-state index in [4.69, 9.17) is 0 Å². The fourth-order valence-electron chi connectivity index (χ4n) is 2.53. The molecule has 1 saturated carbocycles. The molecule has 1 atom stereocenters. The average Bonchev–Trinajstić information content (AvgIpc) is 2.90. The largest absolute Gasteiger partial charge is 0.467 e. The van der Waals surface area contributed by atoms with Crippen LogP contribution in [0.5, 0.6) is 0 Å². The van der Waals surface area contributed by atoms with Crippen LogP contribution in [0.1, 0.15) is 48.8 Å². The minimum Gasteiger partial charge on any atom is -0.467 e. The Hall–Kier alpha value is -0.870. The summed E-state index contributed by atoms with van der Waals surface area (Å²) in [7, 11) is 1.27. The number of methoxy groups -OCH3 is 1. The molecule has 0 bridgehead atoms. The van der Waals surface area contributed by atoms with Crippen LogP contribution in [0.4, 0.5) is 0 Å². The van der Waals surface area contributed by atoms with Crippen LogP contribution in [-0.2, 0) is 9.53 Å². The van der Waals surface area contributed by atoms with Gasteiger partial charge in [-0.2, -0.15) is 0 Å². The third-order valence-corrected chi connectivity index (χ3v) is 4.25. The minimum atomic E-state index is -1.20. The minimum absolute atomic E-state index is 0.565. The predicted octanol–water partition coefficient (Wildman–Crippen LogP) is 3.31. The number of carbonyl (C=O) groups is 1. The lowest BCUT2D eigenvalue weighted by molar-refractivity contribution is -0.150. The monoisotopic (exact) mass is 312 g/mol. The molecule has 0 heterocycles. The van der Waals surface area contributed by atoms with Gasteiger partial charge >= 0.3 is 5.97 Å². The van der Waals surface area contributed by atoms with Crippen molar-refractivity contribution in [2.24, 2.45) is 0 Å². The lowest BCUT2D eigenvalue weighted by atomic mass is 9.96. The highest BCUT2D eigenvalue weighted by atomic mass is 79.9. The number of rotatable bonds is 3. The van der Waals surface area contributed by atoms with E-state index in [9.17, 15) is 9.90 Å². The highest BCUT2D eigenvalue weighted by molar-refractivity contribution is 9.10. The summed E-state index contributed by atoms with van der Waals surface area (Å²) in [5.74, 6) is -0.0285. The normalized spacial score (nSPS) is 17.7. The van der Waals surface area contributed by atoms with E-state index in [1.807, 2.05) is 12.1 Å². The van der Waals surface area contributed by atoms with Crippen molar-refractivity contribution >= 4 is 21.9 Å². The first-order chi connectivity index (χ1) is 8.63. The van der Waals surface area contributed by atoms with Gasteiger partial charge in [0, 0.05) is 4.47 Å². The molecule has 1 aromatic carbocycles. The number of hydrogen-bond acceptors (Lipinski definition) is 3. The molecule has 0 spiro atoms. The van der Waals surface area contributed by atoms with E-state index in [1.165, 1.54) is 38.4 Å². The summed E-state index contributed by atoms with van der Waals surface area (Å²) in [6.07, 6.45) is 3.80. The number of aliphatic hydroxyl groups is 1. The Bertz CT molecular complexity index is 439. The molecule has 18 heavy (non-hydrogen) atoms. The van der Waals surface area contributed by atoms with Crippen molar-refractivity contribution in [2.75, 3.05) is 7.11 Å². The topological polar surface area (TPSA) is 46.5 Å². The first-order valence-corrected chi connectivity index (χ1v) is 6.98. The summed E-state index contributed by atoms with van der Waals surface area (Å²) in [6.45, 7) is 0. The number of halogens is 1. The van der Waals surface area contributed by atoms with Gasteiger partial charge in [-0.25, -0.2) is 4.79 Å². The number of hydrogen-bond donors (Lipinski definition) is 1. The van der Waals surface area contributed by atoms with Crippen LogP contribution in [0.25, 0.3) is 0 Å². The lowest BCUT2D eigenvalue weighted by Gasteiger charge is -2.15. The number of carbonyl (C=O) groups excluding carboxylic acids is 1. The van der Waals surface area contributed by atoms with Crippen LogP contribution in [-0.4, -0.2) is 18.2 Å². The van der Waals surface area contributed by atoms with Crippen LogP contribution in [0.3, 0.4) is 0 Å². The van der Waals surface area contributed by atoms with E-state index in [-0.39, 0.29) is 0 Å². The second-order valence-corrected chi connectivity index (χ2v) is 5.54. The van der Waals surface area contributed by atoms with E-state index in [0.717, 1.165) is 4.47 Å². The summed E-state index contributed by atoms with van der Waals surface area (Å²) in [4.78, 5) is 11.3.